The molecule has 10 nitrogen and oxygen atoms in total. The largest absolute Gasteiger partial charge is 0.465 e. The number of nitro benzene ring substituents is 1. The number of carbonyl (C=O) groups excluding carboxylic acids is 1. The molecule has 0 aliphatic carbocycles. The van der Waals surface area contributed by atoms with E-state index < -0.39 is 23.0 Å². The Balaban J connectivity index is 2.41. The number of hydrogen-bond donors (Lipinski definition) is 2. The van der Waals surface area contributed by atoms with Crippen molar-refractivity contribution in [1.29, 1.82) is 0 Å². The SMILES string of the molecule is COC(=O)c1cc([N+](=O)[O-])ccc1N1CCN(C(=O)O)CC1CO. The first kappa shape index (κ1) is 17.5. The highest BCUT2D eigenvalue weighted by molar-refractivity contribution is 5.96. The van der Waals surface area contributed by atoms with E-state index in [9.17, 15) is 24.8 Å². The average molecular weight is 339 g/mol. The van der Waals surface area contributed by atoms with Crippen molar-refractivity contribution < 1.29 is 29.5 Å². The predicted octanol–water partition coefficient (Wildman–Crippen LogP) is 0.542. The molecule has 1 atom stereocenters. The summed E-state index contributed by atoms with van der Waals surface area (Å²) in [6, 6.07) is 3.20. The number of nitrogens with zero attached hydrogens (tertiary/aromatic N) is 3. The van der Waals surface area contributed by atoms with Crippen molar-refractivity contribution in [3.05, 3.63) is 33.9 Å². The molecule has 1 aromatic rings. The molecule has 0 aromatic heterocycles. The lowest BCUT2D eigenvalue weighted by molar-refractivity contribution is -0.384. The minimum atomic E-state index is -1.09. The van der Waals surface area contributed by atoms with Gasteiger partial charge in [-0.1, -0.05) is 0 Å². The second-order valence-corrected chi connectivity index (χ2v) is 5.21. The van der Waals surface area contributed by atoms with Crippen molar-refractivity contribution in [3.63, 3.8) is 0 Å². The lowest BCUT2D eigenvalue weighted by Gasteiger charge is -2.41. The molecule has 2 rings (SSSR count). The van der Waals surface area contributed by atoms with E-state index in [0.29, 0.717) is 5.69 Å². The number of aliphatic hydroxyl groups is 1. The Morgan fingerprint density at radius 1 is 1.42 bits per heavy atom. The van der Waals surface area contributed by atoms with E-state index >= 15 is 0 Å². The van der Waals surface area contributed by atoms with Gasteiger partial charge in [0.1, 0.15) is 0 Å². The van der Waals surface area contributed by atoms with Gasteiger partial charge >= 0.3 is 12.1 Å². The third-order valence-electron chi connectivity index (χ3n) is 3.87. The van der Waals surface area contributed by atoms with Gasteiger partial charge in [-0.2, -0.15) is 0 Å². The van der Waals surface area contributed by atoms with Crippen molar-refractivity contribution in [2.75, 3.05) is 38.3 Å². The van der Waals surface area contributed by atoms with E-state index in [2.05, 4.69) is 4.74 Å². The zero-order valence-electron chi connectivity index (χ0n) is 12.9. The van der Waals surface area contributed by atoms with E-state index in [-0.39, 0.29) is 37.5 Å². The summed E-state index contributed by atoms with van der Waals surface area (Å²) < 4.78 is 4.68. The normalized spacial score (nSPS) is 17.5. The van der Waals surface area contributed by atoms with Gasteiger partial charge in [0.25, 0.3) is 5.69 Å². The number of nitro groups is 1. The third-order valence-corrected chi connectivity index (χ3v) is 3.87. The molecule has 0 bridgehead atoms. The van der Waals surface area contributed by atoms with Crippen molar-refractivity contribution in [2.24, 2.45) is 0 Å². The molecule has 1 heterocycles. The lowest BCUT2D eigenvalue weighted by Crippen LogP contribution is -2.56. The molecule has 1 aromatic carbocycles. The van der Waals surface area contributed by atoms with Gasteiger partial charge in [-0.15, -0.1) is 0 Å². The van der Waals surface area contributed by atoms with Crippen LogP contribution in [0.3, 0.4) is 0 Å². The number of carboxylic acid groups (broad SMARTS) is 1. The first-order valence-corrected chi connectivity index (χ1v) is 7.11. The number of aliphatic hydroxyl groups excluding tert-OH is 1. The molecule has 2 N–H and O–H groups in total. The Kier molecular flexibility index (Phi) is 5.19. The number of rotatable bonds is 4. The van der Waals surface area contributed by atoms with Crippen LogP contribution in [0.2, 0.25) is 0 Å². The van der Waals surface area contributed by atoms with Gasteiger partial charge in [0, 0.05) is 31.8 Å². The second-order valence-electron chi connectivity index (χ2n) is 5.21. The van der Waals surface area contributed by atoms with Gasteiger partial charge in [0.2, 0.25) is 0 Å². The summed E-state index contributed by atoms with van der Waals surface area (Å²) in [5, 5.41) is 29.5. The molecule has 1 unspecified atom stereocenters. The summed E-state index contributed by atoms with van der Waals surface area (Å²) in [4.78, 5) is 36.2. The first-order valence-electron chi connectivity index (χ1n) is 7.11. The molecule has 130 valence electrons. The molecule has 1 saturated heterocycles. The number of methoxy groups -OCH3 is 1. The van der Waals surface area contributed by atoms with Crippen LogP contribution in [-0.2, 0) is 4.74 Å². The number of non-ortho nitro benzene ring substituents is 1. The van der Waals surface area contributed by atoms with E-state index in [0.717, 1.165) is 13.2 Å². The highest BCUT2D eigenvalue weighted by Gasteiger charge is 2.32. The van der Waals surface area contributed by atoms with Crippen LogP contribution in [-0.4, -0.2) is 71.5 Å². The Morgan fingerprint density at radius 2 is 2.12 bits per heavy atom. The smallest absolute Gasteiger partial charge is 0.407 e. The number of anilines is 1. The molecule has 0 spiro atoms. The van der Waals surface area contributed by atoms with Gasteiger partial charge in [-0.25, -0.2) is 9.59 Å². The van der Waals surface area contributed by atoms with E-state index in [4.69, 9.17) is 5.11 Å². The molecule has 1 amide bonds. The monoisotopic (exact) mass is 339 g/mol. The highest BCUT2D eigenvalue weighted by Crippen LogP contribution is 2.29. The van der Waals surface area contributed by atoms with Crippen molar-refractivity contribution >= 4 is 23.4 Å². The maximum Gasteiger partial charge on any atom is 0.407 e. The molecular weight excluding hydrogens is 322 g/mol. The molecule has 1 aliphatic heterocycles. The molecule has 0 radical (unpaired) electrons. The highest BCUT2D eigenvalue weighted by atomic mass is 16.6. The fourth-order valence-corrected chi connectivity index (χ4v) is 2.66. The minimum absolute atomic E-state index is 0.00562. The van der Waals surface area contributed by atoms with Crippen LogP contribution < -0.4 is 4.90 Å². The maximum atomic E-state index is 12.0. The van der Waals surface area contributed by atoms with E-state index in [1.54, 1.807) is 4.90 Å². The Bertz CT molecular complexity index is 664. The van der Waals surface area contributed by atoms with Crippen LogP contribution in [0.5, 0.6) is 0 Å². The fourth-order valence-electron chi connectivity index (χ4n) is 2.66. The summed E-state index contributed by atoms with van der Waals surface area (Å²) in [7, 11) is 1.16. The molecular formula is C14H17N3O7. The van der Waals surface area contributed by atoms with Crippen LogP contribution in [0.25, 0.3) is 0 Å². The van der Waals surface area contributed by atoms with E-state index in [1.807, 2.05) is 0 Å². The van der Waals surface area contributed by atoms with Crippen LogP contribution in [0.4, 0.5) is 16.2 Å². The number of benzene rings is 1. The summed E-state index contributed by atoms with van der Waals surface area (Å²) in [5.74, 6) is -0.744. The first-order chi connectivity index (χ1) is 11.4. The van der Waals surface area contributed by atoms with Crippen LogP contribution in [0.1, 0.15) is 10.4 Å². The quantitative estimate of drug-likeness (QED) is 0.461. The molecule has 1 aliphatic rings. The summed E-state index contributed by atoms with van der Waals surface area (Å²) >= 11 is 0. The van der Waals surface area contributed by atoms with E-state index in [1.165, 1.54) is 17.0 Å². The van der Waals surface area contributed by atoms with Crippen molar-refractivity contribution in [2.45, 2.75) is 6.04 Å². The average Bonchev–Trinajstić information content (AvgIpc) is 2.59. The maximum absolute atomic E-state index is 12.0. The lowest BCUT2D eigenvalue weighted by atomic mass is 10.1. The zero-order valence-corrected chi connectivity index (χ0v) is 12.9. The molecule has 24 heavy (non-hydrogen) atoms. The number of hydrogen-bond acceptors (Lipinski definition) is 7. The second kappa shape index (κ2) is 7.13. The number of carbonyl (C=O) groups is 2. The fraction of sp³-hybridized carbons (Fsp3) is 0.429. The number of ether oxygens (including phenoxy) is 1. The Hall–Kier alpha value is -2.88. The molecule has 1 fully saturated rings. The number of esters is 1. The summed E-state index contributed by atoms with van der Waals surface area (Å²) in [5.41, 5.74) is 0.0920. The third kappa shape index (κ3) is 3.38. The summed E-state index contributed by atoms with van der Waals surface area (Å²) in [6.07, 6.45) is -1.09. The predicted molar refractivity (Wildman–Crippen MR) is 82.3 cm³/mol. The standard InChI is InChI=1S/C14H17N3O7/c1-24-13(19)11-6-9(17(22)23)2-3-12(11)16-5-4-15(14(20)21)7-10(16)8-18/h2-3,6,10,18H,4-5,7-8H2,1H3,(H,20,21). The van der Waals surface area contributed by atoms with Crippen molar-refractivity contribution in [3.8, 4) is 0 Å². The molecule has 0 saturated carbocycles. The zero-order chi connectivity index (χ0) is 17.9. The van der Waals surface area contributed by atoms with Crippen LogP contribution in [0.15, 0.2) is 18.2 Å². The Labute approximate surface area is 137 Å². The Morgan fingerprint density at radius 3 is 2.67 bits per heavy atom. The van der Waals surface area contributed by atoms with Gasteiger partial charge in [0.15, 0.2) is 0 Å². The topological polar surface area (TPSA) is 133 Å². The van der Waals surface area contributed by atoms with Gasteiger partial charge < -0.3 is 24.7 Å². The van der Waals surface area contributed by atoms with Crippen LogP contribution in [0, 0.1) is 10.1 Å². The van der Waals surface area contributed by atoms with Gasteiger partial charge in [-0.3, -0.25) is 10.1 Å². The number of piperazine rings is 1. The number of amides is 1. The van der Waals surface area contributed by atoms with Gasteiger partial charge in [-0.05, 0) is 6.07 Å². The summed E-state index contributed by atoms with van der Waals surface area (Å²) in [6.45, 7) is 0.146. The van der Waals surface area contributed by atoms with Crippen molar-refractivity contribution in [1.82, 2.24) is 4.90 Å². The van der Waals surface area contributed by atoms with Crippen LogP contribution >= 0.6 is 0 Å². The van der Waals surface area contributed by atoms with Gasteiger partial charge in [0.05, 0.1) is 35.9 Å². The molecule has 10 heteroatoms. The minimum Gasteiger partial charge on any atom is -0.465 e.